The molecule has 0 saturated heterocycles. The highest BCUT2D eigenvalue weighted by Crippen LogP contribution is 2.46. The predicted octanol–water partition coefficient (Wildman–Crippen LogP) is 7.81. The van der Waals surface area contributed by atoms with Crippen molar-refractivity contribution in [1.29, 1.82) is 0 Å². The van der Waals surface area contributed by atoms with Crippen LogP contribution in [0.1, 0.15) is 0 Å². The van der Waals surface area contributed by atoms with Gasteiger partial charge in [-0.05, 0) is 30.3 Å². The highest BCUT2D eigenvalue weighted by molar-refractivity contribution is 6.10. The maximum Gasteiger partial charge on any atom is 0.143 e. The molecule has 8 rings (SSSR count). The normalized spacial score (nSPS) is 11.8. The van der Waals surface area contributed by atoms with E-state index in [9.17, 15) is 0 Å². The highest BCUT2D eigenvalue weighted by atomic mass is 16.3. The van der Waals surface area contributed by atoms with Crippen LogP contribution in [0.3, 0.4) is 0 Å². The quantitative estimate of drug-likeness (QED) is 0.243. The Balaban J connectivity index is 1.45. The minimum atomic E-state index is 0.819. The monoisotopic (exact) mass is 474 g/mol. The first-order chi connectivity index (χ1) is 18.4. The average Bonchev–Trinajstić information content (AvgIpc) is 3.35. The van der Waals surface area contributed by atoms with Crippen LogP contribution in [0, 0.1) is 0 Å². The number of fused-ring (bicyclic) bond motifs is 11. The fourth-order valence-corrected chi connectivity index (χ4v) is 5.41. The van der Waals surface area contributed by atoms with Crippen molar-refractivity contribution in [2.75, 3.05) is 0 Å². The van der Waals surface area contributed by atoms with Gasteiger partial charge in [-0.3, -0.25) is 19.9 Å². The second-order valence-electron chi connectivity index (χ2n) is 9.10. The molecule has 0 bridgehead atoms. The highest BCUT2D eigenvalue weighted by Gasteiger charge is 2.25. The summed E-state index contributed by atoms with van der Waals surface area (Å²) in [6.45, 7) is 0. The summed E-state index contributed by atoms with van der Waals surface area (Å²) in [5.74, 6) is 0. The molecule has 0 spiro atoms. The lowest BCUT2D eigenvalue weighted by molar-refractivity contribution is 0.670. The topological polar surface area (TPSA) is 64.7 Å². The molecule has 5 heteroatoms. The average molecular weight is 475 g/mol. The lowest BCUT2D eigenvalue weighted by Gasteiger charge is -2.20. The number of hydrogen-bond donors (Lipinski definition) is 0. The Hall–Kier alpha value is -5.16. The molecular weight excluding hydrogens is 456 g/mol. The number of benzene rings is 2. The molecule has 0 unspecified atom stereocenters. The van der Waals surface area contributed by atoms with Crippen LogP contribution in [0.4, 0.5) is 0 Å². The Bertz CT molecular complexity index is 2000. The van der Waals surface area contributed by atoms with Crippen molar-refractivity contribution in [1.82, 2.24) is 19.9 Å². The molecule has 1 aliphatic rings. The van der Waals surface area contributed by atoms with Crippen LogP contribution in [0.2, 0.25) is 0 Å². The summed E-state index contributed by atoms with van der Waals surface area (Å²) in [6.07, 6.45) is 7.36. The number of rotatable bonds is 1. The van der Waals surface area contributed by atoms with E-state index >= 15 is 0 Å². The molecule has 7 aromatic rings. The van der Waals surface area contributed by atoms with E-state index in [1.807, 2.05) is 61.2 Å². The molecule has 1 aliphatic carbocycles. The second kappa shape index (κ2) is 7.67. The lowest BCUT2D eigenvalue weighted by atomic mass is 9.88. The number of aromatic nitrogens is 4. The van der Waals surface area contributed by atoms with E-state index in [4.69, 9.17) is 24.4 Å². The van der Waals surface area contributed by atoms with Crippen molar-refractivity contribution in [3.8, 4) is 56.2 Å². The van der Waals surface area contributed by atoms with E-state index in [0.717, 1.165) is 78.1 Å². The first-order valence-electron chi connectivity index (χ1n) is 12.1. The third kappa shape index (κ3) is 2.91. The molecule has 0 N–H and O–H groups in total. The van der Waals surface area contributed by atoms with Gasteiger partial charge in [-0.2, -0.15) is 0 Å². The van der Waals surface area contributed by atoms with Crippen LogP contribution < -0.4 is 0 Å². The van der Waals surface area contributed by atoms with Crippen LogP contribution in [-0.2, 0) is 0 Å². The van der Waals surface area contributed by atoms with Crippen LogP contribution in [0.25, 0.3) is 78.1 Å². The molecule has 172 valence electrons. The van der Waals surface area contributed by atoms with Gasteiger partial charge in [0.2, 0.25) is 0 Å². The third-order valence-electron chi connectivity index (χ3n) is 7.06. The Morgan fingerprint density at radius 1 is 0.459 bits per heavy atom. The van der Waals surface area contributed by atoms with E-state index in [1.165, 1.54) is 0 Å². The molecule has 0 fully saturated rings. The maximum absolute atomic E-state index is 6.34. The smallest absolute Gasteiger partial charge is 0.143 e. The van der Waals surface area contributed by atoms with Gasteiger partial charge in [0.15, 0.2) is 0 Å². The summed E-state index contributed by atoms with van der Waals surface area (Å²) in [5, 5.41) is 2.20. The molecule has 0 amide bonds. The predicted molar refractivity (Wildman–Crippen MR) is 146 cm³/mol. The van der Waals surface area contributed by atoms with E-state index < -0.39 is 0 Å². The number of furan rings is 1. The second-order valence-corrected chi connectivity index (χ2v) is 9.10. The van der Waals surface area contributed by atoms with Gasteiger partial charge >= 0.3 is 0 Å². The summed E-state index contributed by atoms with van der Waals surface area (Å²) in [5.41, 5.74) is 10.9. The standard InChI is InChI=1S/C32H18N4O/c1-2-13-27-21(7-1)25-9-3-8-20(32(25)37-27)19-17-26-24-12-6-16-35-30(24)28-22(10-4-14-33-28)23-11-5-15-34-29(23)31(26)36-18-19/h1-18H. The van der Waals surface area contributed by atoms with Crippen LogP contribution in [-0.4, -0.2) is 19.9 Å². The molecule has 0 radical (unpaired) electrons. The molecule has 0 saturated carbocycles. The van der Waals surface area contributed by atoms with Crippen LogP contribution in [0.15, 0.2) is 114 Å². The van der Waals surface area contributed by atoms with Gasteiger partial charge in [-0.1, -0.05) is 54.6 Å². The fraction of sp³-hybridized carbons (Fsp3) is 0. The lowest BCUT2D eigenvalue weighted by Crippen LogP contribution is -2.03. The zero-order valence-corrected chi connectivity index (χ0v) is 19.6. The van der Waals surface area contributed by atoms with E-state index in [1.54, 1.807) is 0 Å². The van der Waals surface area contributed by atoms with Gasteiger partial charge in [-0.25, -0.2) is 0 Å². The summed E-state index contributed by atoms with van der Waals surface area (Å²) in [4.78, 5) is 19.3. The van der Waals surface area contributed by atoms with Crippen molar-refractivity contribution < 1.29 is 4.42 Å². The van der Waals surface area contributed by atoms with Crippen molar-refractivity contribution in [3.05, 3.63) is 110 Å². The van der Waals surface area contributed by atoms with Gasteiger partial charge in [0.1, 0.15) is 11.2 Å². The third-order valence-corrected chi connectivity index (χ3v) is 7.06. The molecule has 2 aromatic carbocycles. The van der Waals surface area contributed by atoms with Gasteiger partial charge in [0.25, 0.3) is 0 Å². The zero-order chi connectivity index (χ0) is 24.3. The summed E-state index contributed by atoms with van der Waals surface area (Å²) in [7, 11) is 0. The molecule has 0 aliphatic heterocycles. The Labute approximate surface area is 212 Å². The maximum atomic E-state index is 6.34. The Kier molecular flexibility index (Phi) is 4.16. The fourth-order valence-electron chi connectivity index (χ4n) is 5.41. The Morgan fingerprint density at radius 3 is 1.73 bits per heavy atom. The van der Waals surface area contributed by atoms with Gasteiger partial charge in [0, 0.05) is 68.9 Å². The summed E-state index contributed by atoms with van der Waals surface area (Å²) < 4.78 is 6.34. The molecule has 5 aromatic heterocycles. The molecular formula is C32H18N4O. The minimum Gasteiger partial charge on any atom is -0.455 e. The Morgan fingerprint density at radius 2 is 1.03 bits per heavy atom. The van der Waals surface area contributed by atoms with E-state index in [0.29, 0.717) is 0 Å². The van der Waals surface area contributed by atoms with E-state index in [-0.39, 0.29) is 0 Å². The van der Waals surface area contributed by atoms with Gasteiger partial charge < -0.3 is 4.42 Å². The van der Waals surface area contributed by atoms with Crippen molar-refractivity contribution in [2.24, 2.45) is 0 Å². The molecule has 5 nitrogen and oxygen atoms in total. The molecule has 37 heavy (non-hydrogen) atoms. The van der Waals surface area contributed by atoms with Crippen LogP contribution >= 0.6 is 0 Å². The number of pyridine rings is 4. The van der Waals surface area contributed by atoms with Crippen LogP contribution in [0.5, 0.6) is 0 Å². The number of nitrogens with zero attached hydrogens (tertiary/aromatic N) is 4. The summed E-state index contributed by atoms with van der Waals surface area (Å²) >= 11 is 0. The summed E-state index contributed by atoms with van der Waals surface area (Å²) in [6, 6.07) is 28.7. The van der Waals surface area contributed by atoms with Gasteiger partial charge in [-0.15, -0.1) is 0 Å². The largest absolute Gasteiger partial charge is 0.455 e. The zero-order valence-electron chi connectivity index (χ0n) is 19.6. The molecule has 0 atom stereocenters. The van der Waals surface area contributed by atoms with Gasteiger partial charge in [0.05, 0.1) is 22.8 Å². The SMILES string of the molecule is c1cnc2c(c1)-c1cccnc1-c1ncc(-c3cccc4c3oc3ccccc34)cc1-c1cccnc1-2. The minimum absolute atomic E-state index is 0.819. The van der Waals surface area contributed by atoms with Crippen molar-refractivity contribution in [3.63, 3.8) is 0 Å². The van der Waals surface area contributed by atoms with Crippen molar-refractivity contribution in [2.45, 2.75) is 0 Å². The first-order valence-corrected chi connectivity index (χ1v) is 12.1. The number of hydrogen-bond acceptors (Lipinski definition) is 5. The van der Waals surface area contributed by atoms with Crippen molar-refractivity contribution >= 4 is 21.9 Å². The number of para-hydroxylation sites is 2. The first kappa shape index (κ1) is 20.1. The molecule has 5 heterocycles. The van der Waals surface area contributed by atoms with E-state index in [2.05, 4.69) is 48.5 Å².